The summed E-state index contributed by atoms with van der Waals surface area (Å²) in [5.74, 6) is 0. The Labute approximate surface area is 176 Å². The summed E-state index contributed by atoms with van der Waals surface area (Å²) in [6, 6.07) is 20.5. The molecule has 0 radical (unpaired) electrons. The molecule has 2 aliphatic rings. The number of anilines is 1. The zero-order valence-corrected chi connectivity index (χ0v) is 17.9. The average molecular weight is 400 g/mol. The molecule has 0 aliphatic carbocycles. The van der Waals surface area contributed by atoms with Gasteiger partial charge < -0.3 is 9.80 Å². The van der Waals surface area contributed by atoms with Gasteiger partial charge in [0.2, 0.25) is 0 Å². The number of hydrogen-bond donors (Lipinski definition) is 0. The lowest BCUT2D eigenvalue weighted by atomic mass is 10.0. The molecule has 2 aliphatic heterocycles. The molecule has 0 bridgehead atoms. The van der Waals surface area contributed by atoms with E-state index in [4.69, 9.17) is 0 Å². The first-order valence-corrected chi connectivity index (χ1v) is 10.6. The zero-order chi connectivity index (χ0) is 18.5. The topological polar surface area (TPSA) is 9.72 Å². The van der Waals surface area contributed by atoms with Gasteiger partial charge in [-0.1, -0.05) is 48.5 Å². The van der Waals surface area contributed by atoms with Gasteiger partial charge >= 0.3 is 0 Å². The molecule has 2 saturated heterocycles. The highest BCUT2D eigenvalue weighted by atomic mass is 35.5. The molecule has 0 atom stereocenters. The van der Waals surface area contributed by atoms with Crippen LogP contribution < -0.4 is 4.90 Å². The third-order valence-corrected chi connectivity index (χ3v) is 6.40. The maximum absolute atomic E-state index is 2.75. The Hall–Kier alpha value is -1.55. The predicted molar refractivity (Wildman–Crippen MR) is 122 cm³/mol. The molecule has 0 N–H and O–H groups in total. The van der Waals surface area contributed by atoms with Crippen molar-refractivity contribution in [2.75, 3.05) is 50.7 Å². The number of piperazine rings is 1. The fourth-order valence-corrected chi connectivity index (χ4v) is 4.69. The standard InChI is InChI=1S/C24H33N3.ClH/c1-21-7-5-6-10-24(21)27-19-17-26(18-20-27)23-12-15-25(16-13-23)14-11-22-8-3-2-4-9-22;/h2-10,23H,11-20H2,1H3;1H. The number of hydrogen-bond acceptors (Lipinski definition) is 3. The van der Waals surface area contributed by atoms with Gasteiger partial charge in [-0.15, -0.1) is 12.4 Å². The summed E-state index contributed by atoms with van der Waals surface area (Å²) in [4.78, 5) is 7.98. The van der Waals surface area contributed by atoms with Crippen LogP contribution in [-0.2, 0) is 6.42 Å². The molecule has 152 valence electrons. The molecule has 0 saturated carbocycles. The molecule has 2 aromatic carbocycles. The van der Waals surface area contributed by atoms with Gasteiger partial charge in [0.1, 0.15) is 0 Å². The van der Waals surface area contributed by atoms with Crippen LogP contribution in [-0.4, -0.2) is 61.7 Å². The number of benzene rings is 2. The number of likely N-dealkylation sites (tertiary alicyclic amines) is 1. The number of nitrogens with zero attached hydrogens (tertiary/aromatic N) is 3. The molecule has 0 spiro atoms. The number of aryl methyl sites for hydroxylation is 1. The van der Waals surface area contributed by atoms with E-state index in [9.17, 15) is 0 Å². The Kier molecular flexibility index (Phi) is 7.78. The quantitative estimate of drug-likeness (QED) is 0.744. The van der Waals surface area contributed by atoms with Crippen LogP contribution in [0.25, 0.3) is 0 Å². The van der Waals surface area contributed by atoms with Crippen LogP contribution in [0, 0.1) is 6.92 Å². The molecule has 3 nitrogen and oxygen atoms in total. The second kappa shape index (κ2) is 10.3. The molecule has 4 rings (SSSR count). The van der Waals surface area contributed by atoms with Crippen molar-refractivity contribution in [1.82, 2.24) is 9.80 Å². The van der Waals surface area contributed by atoms with Gasteiger partial charge in [0, 0.05) is 44.5 Å². The maximum Gasteiger partial charge on any atom is 0.0396 e. The van der Waals surface area contributed by atoms with E-state index in [2.05, 4.69) is 76.2 Å². The van der Waals surface area contributed by atoms with Gasteiger partial charge in [0.05, 0.1) is 0 Å². The average Bonchev–Trinajstić information content (AvgIpc) is 2.74. The van der Waals surface area contributed by atoms with Crippen LogP contribution in [0.4, 0.5) is 5.69 Å². The van der Waals surface area contributed by atoms with Gasteiger partial charge in [-0.05, 0) is 56.5 Å². The molecular formula is C24H34ClN3. The SMILES string of the molecule is Cc1ccccc1N1CCN(C2CCN(CCc3ccccc3)CC2)CC1.Cl. The molecule has 0 amide bonds. The third kappa shape index (κ3) is 5.28. The van der Waals surface area contributed by atoms with Crippen molar-refractivity contribution < 1.29 is 0 Å². The maximum atomic E-state index is 2.75. The molecule has 28 heavy (non-hydrogen) atoms. The first-order chi connectivity index (χ1) is 13.3. The number of halogens is 1. The lowest BCUT2D eigenvalue weighted by molar-refractivity contribution is 0.104. The Balaban J connectivity index is 0.00000225. The van der Waals surface area contributed by atoms with E-state index in [0.717, 1.165) is 6.04 Å². The highest BCUT2D eigenvalue weighted by molar-refractivity contribution is 5.85. The summed E-state index contributed by atoms with van der Waals surface area (Å²) in [6.45, 7) is 10.7. The van der Waals surface area contributed by atoms with Crippen molar-refractivity contribution in [1.29, 1.82) is 0 Å². The monoisotopic (exact) mass is 399 g/mol. The number of piperidine rings is 1. The molecule has 0 aromatic heterocycles. The zero-order valence-electron chi connectivity index (χ0n) is 17.1. The second-order valence-corrected chi connectivity index (χ2v) is 8.12. The summed E-state index contributed by atoms with van der Waals surface area (Å²) in [6.07, 6.45) is 3.85. The third-order valence-electron chi connectivity index (χ3n) is 6.40. The van der Waals surface area contributed by atoms with Crippen LogP contribution in [0.2, 0.25) is 0 Å². The summed E-state index contributed by atoms with van der Waals surface area (Å²) < 4.78 is 0. The van der Waals surface area contributed by atoms with E-state index < -0.39 is 0 Å². The van der Waals surface area contributed by atoms with Crippen molar-refractivity contribution in [3.63, 3.8) is 0 Å². The predicted octanol–water partition coefficient (Wildman–Crippen LogP) is 4.25. The first kappa shape index (κ1) is 21.2. The normalized spacial score (nSPS) is 19.4. The highest BCUT2D eigenvalue weighted by Crippen LogP contribution is 2.23. The van der Waals surface area contributed by atoms with Crippen LogP contribution in [0.15, 0.2) is 54.6 Å². The lowest BCUT2D eigenvalue weighted by Crippen LogP contribution is -2.53. The molecule has 2 fully saturated rings. The molecule has 2 heterocycles. The molecule has 0 unspecified atom stereocenters. The summed E-state index contributed by atoms with van der Waals surface area (Å²) in [7, 11) is 0. The van der Waals surface area contributed by atoms with Crippen molar-refractivity contribution >= 4 is 18.1 Å². The second-order valence-electron chi connectivity index (χ2n) is 8.12. The van der Waals surface area contributed by atoms with Crippen LogP contribution in [0.1, 0.15) is 24.0 Å². The summed E-state index contributed by atoms with van der Waals surface area (Å²) in [5.41, 5.74) is 4.29. The Morgan fingerprint density at radius 2 is 1.43 bits per heavy atom. The number of rotatable bonds is 5. The van der Waals surface area contributed by atoms with Crippen molar-refractivity contribution in [3.8, 4) is 0 Å². The van der Waals surface area contributed by atoms with E-state index in [1.54, 1.807) is 0 Å². The van der Waals surface area contributed by atoms with E-state index in [1.165, 1.54) is 81.9 Å². The van der Waals surface area contributed by atoms with Gasteiger partial charge in [0.15, 0.2) is 0 Å². The smallest absolute Gasteiger partial charge is 0.0396 e. The minimum atomic E-state index is 0. The Morgan fingerprint density at radius 3 is 2.11 bits per heavy atom. The number of para-hydroxylation sites is 1. The Morgan fingerprint density at radius 1 is 0.786 bits per heavy atom. The van der Waals surface area contributed by atoms with E-state index in [1.807, 2.05) is 0 Å². The molecule has 2 aromatic rings. The first-order valence-electron chi connectivity index (χ1n) is 10.6. The van der Waals surface area contributed by atoms with Crippen LogP contribution in [0.5, 0.6) is 0 Å². The van der Waals surface area contributed by atoms with Crippen molar-refractivity contribution in [2.45, 2.75) is 32.2 Å². The van der Waals surface area contributed by atoms with E-state index in [-0.39, 0.29) is 12.4 Å². The Bertz CT molecular complexity index is 705. The minimum Gasteiger partial charge on any atom is -0.369 e. The van der Waals surface area contributed by atoms with E-state index >= 15 is 0 Å². The van der Waals surface area contributed by atoms with Crippen molar-refractivity contribution in [3.05, 3.63) is 65.7 Å². The van der Waals surface area contributed by atoms with Gasteiger partial charge in [-0.25, -0.2) is 0 Å². The van der Waals surface area contributed by atoms with Gasteiger partial charge in [0.25, 0.3) is 0 Å². The minimum absolute atomic E-state index is 0. The van der Waals surface area contributed by atoms with Crippen LogP contribution in [0.3, 0.4) is 0 Å². The van der Waals surface area contributed by atoms with E-state index in [0.29, 0.717) is 0 Å². The molecular weight excluding hydrogens is 366 g/mol. The summed E-state index contributed by atoms with van der Waals surface area (Å²) >= 11 is 0. The molecule has 4 heteroatoms. The van der Waals surface area contributed by atoms with Crippen molar-refractivity contribution in [2.24, 2.45) is 0 Å². The van der Waals surface area contributed by atoms with Crippen LogP contribution >= 0.6 is 12.4 Å². The van der Waals surface area contributed by atoms with Gasteiger partial charge in [-0.2, -0.15) is 0 Å². The largest absolute Gasteiger partial charge is 0.369 e. The summed E-state index contributed by atoms with van der Waals surface area (Å²) in [5, 5.41) is 0. The lowest BCUT2D eigenvalue weighted by Gasteiger charge is -2.43. The highest BCUT2D eigenvalue weighted by Gasteiger charge is 2.27. The fourth-order valence-electron chi connectivity index (χ4n) is 4.69. The fraction of sp³-hybridized carbons (Fsp3) is 0.500. The van der Waals surface area contributed by atoms with Gasteiger partial charge in [-0.3, -0.25) is 4.90 Å².